The summed E-state index contributed by atoms with van der Waals surface area (Å²) in [7, 11) is 0. The maximum Gasteiger partial charge on any atom is 0.0388 e. The molecule has 0 spiro atoms. The Morgan fingerprint density at radius 1 is 1.05 bits per heavy atom. The van der Waals surface area contributed by atoms with Crippen LogP contribution in [0.1, 0.15) is 42.8 Å². The minimum absolute atomic E-state index is 0.417. The van der Waals surface area contributed by atoms with Crippen molar-refractivity contribution in [1.29, 1.82) is 0 Å². The lowest BCUT2D eigenvalue weighted by Gasteiger charge is -2.18. The minimum Gasteiger partial charge on any atom is -0.305 e. The Labute approximate surface area is 132 Å². The average molecular weight is 302 g/mol. The second kappa shape index (κ2) is 8.32. The van der Waals surface area contributed by atoms with Gasteiger partial charge >= 0.3 is 0 Å². The van der Waals surface area contributed by atoms with E-state index in [4.69, 9.17) is 0 Å². The van der Waals surface area contributed by atoms with E-state index in [1.165, 1.54) is 16.0 Å². The van der Waals surface area contributed by atoms with Gasteiger partial charge in [-0.3, -0.25) is 4.90 Å². The number of benzene rings is 1. The fraction of sp³-hybridized carbons (Fsp3) is 0.444. The topological polar surface area (TPSA) is 15.3 Å². The molecule has 0 amide bonds. The zero-order valence-corrected chi connectivity index (χ0v) is 14.1. The standard InChI is InChI=1S/C18H26N2S/c1-4-20(5-2)14-17-10-8-16(9-11-17)13-19-15(3)18-7-6-12-21-18/h6-12,15,19H,4-5,13-14H2,1-3H3. The van der Waals surface area contributed by atoms with Crippen LogP contribution in [0.4, 0.5) is 0 Å². The van der Waals surface area contributed by atoms with Gasteiger partial charge in [0.2, 0.25) is 0 Å². The molecule has 114 valence electrons. The number of rotatable bonds is 8. The molecule has 21 heavy (non-hydrogen) atoms. The lowest BCUT2D eigenvalue weighted by molar-refractivity contribution is 0.296. The van der Waals surface area contributed by atoms with Gasteiger partial charge in [-0.25, -0.2) is 0 Å². The quantitative estimate of drug-likeness (QED) is 0.775. The van der Waals surface area contributed by atoms with Gasteiger partial charge < -0.3 is 5.32 Å². The molecular weight excluding hydrogens is 276 g/mol. The van der Waals surface area contributed by atoms with Crippen LogP contribution in [0, 0.1) is 0 Å². The van der Waals surface area contributed by atoms with Gasteiger partial charge in [0.15, 0.2) is 0 Å². The molecular formula is C18H26N2S. The summed E-state index contributed by atoms with van der Waals surface area (Å²) in [5, 5.41) is 5.72. The van der Waals surface area contributed by atoms with Crippen molar-refractivity contribution in [3.63, 3.8) is 0 Å². The molecule has 3 heteroatoms. The Morgan fingerprint density at radius 3 is 2.29 bits per heavy atom. The average Bonchev–Trinajstić information content (AvgIpc) is 3.06. The Bertz CT molecular complexity index is 501. The van der Waals surface area contributed by atoms with E-state index < -0.39 is 0 Å². The number of thiophene rings is 1. The highest BCUT2D eigenvalue weighted by Gasteiger charge is 2.06. The van der Waals surface area contributed by atoms with Gasteiger partial charge in [0.05, 0.1) is 0 Å². The third-order valence-electron chi connectivity index (χ3n) is 3.91. The van der Waals surface area contributed by atoms with Gasteiger partial charge in [-0.2, -0.15) is 0 Å². The number of nitrogens with zero attached hydrogens (tertiary/aromatic N) is 1. The number of hydrogen-bond acceptors (Lipinski definition) is 3. The van der Waals surface area contributed by atoms with E-state index in [-0.39, 0.29) is 0 Å². The Morgan fingerprint density at radius 2 is 1.71 bits per heavy atom. The zero-order valence-electron chi connectivity index (χ0n) is 13.3. The summed E-state index contributed by atoms with van der Waals surface area (Å²) in [6.07, 6.45) is 0. The predicted molar refractivity (Wildman–Crippen MR) is 92.6 cm³/mol. The molecule has 0 aliphatic rings. The van der Waals surface area contributed by atoms with E-state index in [0.717, 1.165) is 26.2 Å². The van der Waals surface area contributed by atoms with Crippen LogP contribution in [0.5, 0.6) is 0 Å². The summed E-state index contributed by atoms with van der Waals surface area (Å²) >= 11 is 1.81. The first kappa shape index (κ1) is 16.2. The molecule has 2 aromatic rings. The molecule has 1 atom stereocenters. The molecule has 1 N–H and O–H groups in total. The lowest BCUT2D eigenvalue weighted by atomic mass is 10.1. The normalized spacial score (nSPS) is 12.8. The summed E-state index contributed by atoms with van der Waals surface area (Å²) in [4.78, 5) is 3.83. The van der Waals surface area contributed by atoms with E-state index >= 15 is 0 Å². The van der Waals surface area contributed by atoms with Crippen LogP contribution in [-0.2, 0) is 13.1 Å². The molecule has 0 saturated heterocycles. The molecule has 2 rings (SSSR count). The molecule has 0 saturated carbocycles. The highest BCUT2D eigenvalue weighted by atomic mass is 32.1. The van der Waals surface area contributed by atoms with Gasteiger partial charge in [0.1, 0.15) is 0 Å². The molecule has 1 unspecified atom stereocenters. The fourth-order valence-electron chi connectivity index (χ4n) is 2.38. The van der Waals surface area contributed by atoms with Crippen molar-refractivity contribution in [2.75, 3.05) is 13.1 Å². The maximum atomic E-state index is 3.58. The SMILES string of the molecule is CCN(CC)Cc1ccc(CNC(C)c2cccs2)cc1. The fourth-order valence-corrected chi connectivity index (χ4v) is 3.14. The van der Waals surface area contributed by atoms with Gasteiger partial charge in [-0.15, -0.1) is 11.3 Å². The second-order valence-electron chi connectivity index (χ2n) is 5.40. The highest BCUT2D eigenvalue weighted by molar-refractivity contribution is 7.10. The van der Waals surface area contributed by atoms with E-state index in [1.54, 1.807) is 0 Å². The van der Waals surface area contributed by atoms with Gasteiger partial charge in [-0.05, 0) is 42.6 Å². The first-order valence-corrected chi connectivity index (χ1v) is 8.67. The summed E-state index contributed by atoms with van der Waals surface area (Å²) in [5.74, 6) is 0. The first-order valence-electron chi connectivity index (χ1n) is 7.79. The van der Waals surface area contributed by atoms with Crippen LogP contribution >= 0.6 is 11.3 Å². The van der Waals surface area contributed by atoms with Crippen LogP contribution in [0.2, 0.25) is 0 Å². The first-order chi connectivity index (χ1) is 10.2. The molecule has 0 radical (unpaired) electrons. The van der Waals surface area contributed by atoms with Gasteiger partial charge in [-0.1, -0.05) is 44.2 Å². The Balaban J connectivity index is 1.85. The van der Waals surface area contributed by atoms with E-state index in [1.807, 2.05) is 11.3 Å². The maximum absolute atomic E-state index is 3.58. The second-order valence-corrected chi connectivity index (χ2v) is 6.38. The third kappa shape index (κ3) is 4.95. The molecule has 1 aromatic carbocycles. The Hall–Kier alpha value is -1.16. The molecule has 0 aliphatic heterocycles. The van der Waals surface area contributed by atoms with Crippen molar-refractivity contribution >= 4 is 11.3 Å². The molecule has 2 nitrogen and oxygen atoms in total. The van der Waals surface area contributed by atoms with Crippen molar-refractivity contribution in [2.45, 2.75) is 39.9 Å². The molecule has 0 bridgehead atoms. The van der Waals surface area contributed by atoms with Crippen molar-refractivity contribution in [3.8, 4) is 0 Å². The van der Waals surface area contributed by atoms with Crippen LogP contribution in [0.15, 0.2) is 41.8 Å². The smallest absolute Gasteiger partial charge is 0.0388 e. The van der Waals surface area contributed by atoms with Gasteiger partial charge in [0.25, 0.3) is 0 Å². The summed E-state index contributed by atoms with van der Waals surface area (Å²) in [5.41, 5.74) is 2.75. The summed E-state index contributed by atoms with van der Waals surface area (Å²) < 4.78 is 0. The number of nitrogens with one attached hydrogen (secondary N) is 1. The summed E-state index contributed by atoms with van der Waals surface area (Å²) in [6, 6.07) is 13.7. The zero-order chi connectivity index (χ0) is 15.1. The van der Waals surface area contributed by atoms with E-state index in [2.05, 4.69) is 72.8 Å². The van der Waals surface area contributed by atoms with E-state index in [9.17, 15) is 0 Å². The predicted octanol–water partition coefficient (Wildman–Crippen LogP) is 4.44. The largest absolute Gasteiger partial charge is 0.305 e. The van der Waals surface area contributed by atoms with Gasteiger partial charge in [0, 0.05) is 24.0 Å². The van der Waals surface area contributed by atoms with Crippen molar-refractivity contribution < 1.29 is 0 Å². The van der Waals surface area contributed by atoms with Crippen LogP contribution in [0.3, 0.4) is 0 Å². The van der Waals surface area contributed by atoms with Crippen molar-refractivity contribution in [2.24, 2.45) is 0 Å². The van der Waals surface area contributed by atoms with Crippen molar-refractivity contribution in [1.82, 2.24) is 10.2 Å². The third-order valence-corrected chi connectivity index (χ3v) is 4.96. The lowest BCUT2D eigenvalue weighted by Crippen LogP contribution is -2.22. The molecule has 0 fully saturated rings. The summed E-state index contributed by atoms with van der Waals surface area (Å²) in [6.45, 7) is 10.8. The van der Waals surface area contributed by atoms with Crippen LogP contribution < -0.4 is 5.32 Å². The van der Waals surface area contributed by atoms with Crippen molar-refractivity contribution in [3.05, 3.63) is 57.8 Å². The van der Waals surface area contributed by atoms with Crippen LogP contribution in [-0.4, -0.2) is 18.0 Å². The minimum atomic E-state index is 0.417. The molecule has 1 aromatic heterocycles. The molecule has 1 heterocycles. The highest BCUT2D eigenvalue weighted by Crippen LogP contribution is 2.18. The van der Waals surface area contributed by atoms with Crippen LogP contribution in [0.25, 0.3) is 0 Å². The van der Waals surface area contributed by atoms with E-state index in [0.29, 0.717) is 6.04 Å². The molecule has 0 aliphatic carbocycles. The monoisotopic (exact) mass is 302 g/mol. The number of hydrogen-bond donors (Lipinski definition) is 1. The Kier molecular flexibility index (Phi) is 6.43.